The van der Waals surface area contributed by atoms with E-state index in [2.05, 4.69) is 40.2 Å². The molecule has 0 spiro atoms. The number of primary amides is 1. The predicted octanol–water partition coefficient (Wildman–Crippen LogP) is 6.74. The lowest BCUT2D eigenvalue weighted by Crippen LogP contribution is -2.57. The van der Waals surface area contributed by atoms with E-state index in [0.717, 1.165) is 59.1 Å². The number of hydrogen-bond acceptors (Lipinski definition) is 8. The first-order chi connectivity index (χ1) is 29.2. The summed E-state index contributed by atoms with van der Waals surface area (Å²) in [6, 6.07) is 22.2. The molecule has 6 atom stereocenters. The zero-order valence-corrected chi connectivity index (χ0v) is 36.2. The van der Waals surface area contributed by atoms with Gasteiger partial charge in [-0.25, -0.2) is 9.59 Å². The molecule has 1 aliphatic heterocycles. The number of alkyl carbamates (subject to hydrolysis) is 2. The van der Waals surface area contributed by atoms with Gasteiger partial charge in [-0.05, 0) is 105 Å². The number of amides is 5. The molecule has 3 aromatic carbocycles. The standard InChI is InChI=1S/C48H63N5O8/c1-6-7-18-41(52-47(58)60-29-39-36-16-10-8-14-34(36)35-15-9-11-17-37(35)39)45(56)53-27-33-26-38(33)43(53)44(55)51-40(23-24-42(49)54)30(2)59-28-32-21-19-31(20-22-32)13-12-25-50-46(57)61-48(3,4)5/h8-11,14-17,19-22,30,33,38-41,43H,6-7,12-13,18,23-29H2,1-5H3,(H2,49,54)(H,50,57)(H,51,55)(H,52,58)/t30?,33-,38-,40?,41?,43+/m1/s1. The van der Waals surface area contributed by atoms with Gasteiger partial charge in [0.15, 0.2) is 0 Å². The van der Waals surface area contributed by atoms with Gasteiger partial charge in [-0.2, -0.15) is 0 Å². The number of unbranched alkanes of at least 4 members (excludes halogenated alkanes) is 1. The Kier molecular flexibility index (Phi) is 15.1. The summed E-state index contributed by atoms with van der Waals surface area (Å²) in [5.41, 5.74) is 11.5. The molecule has 5 amide bonds. The Morgan fingerprint density at radius 2 is 1.51 bits per heavy atom. The van der Waals surface area contributed by atoms with Crippen molar-refractivity contribution < 1.29 is 38.2 Å². The average Bonchev–Trinajstić information content (AvgIpc) is 3.77. The van der Waals surface area contributed by atoms with Crippen LogP contribution in [-0.4, -0.2) is 84.3 Å². The van der Waals surface area contributed by atoms with Gasteiger partial charge in [0.05, 0.1) is 18.8 Å². The largest absolute Gasteiger partial charge is 0.449 e. The maximum Gasteiger partial charge on any atom is 0.407 e. The molecule has 1 saturated carbocycles. The van der Waals surface area contributed by atoms with Crippen LogP contribution in [0.15, 0.2) is 72.8 Å². The minimum absolute atomic E-state index is 0.0184. The van der Waals surface area contributed by atoms with Gasteiger partial charge in [0.1, 0.15) is 24.3 Å². The number of likely N-dealkylation sites (tertiary alicyclic amines) is 1. The summed E-state index contributed by atoms with van der Waals surface area (Å²) in [4.78, 5) is 67.3. The topological polar surface area (TPSA) is 178 Å². The van der Waals surface area contributed by atoms with Crippen molar-refractivity contribution in [3.8, 4) is 11.1 Å². The highest BCUT2D eigenvalue weighted by Crippen LogP contribution is 2.50. The van der Waals surface area contributed by atoms with Crippen molar-refractivity contribution >= 4 is 29.9 Å². The number of aryl methyl sites for hydroxylation is 1. The van der Waals surface area contributed by atoms with Crippen LogP contribution in [0.25, 0.3) is 11.1 Å². The fraction of sp³-hybridized carbons (Fsp3) is 0.521. The van der Waals surface area contributed by atoms with Crippen LogP contribution in [-0.2, 0) is 41.6 Å². The molecule has 6 rings (SSSR count). The Bertz CT molecular complexity index is 1970. The molecule has 1 heterocycles. The molecule has 13 heteroatoms. The summed E-state index contributed by atoms with van der Waals surface area (Å²) < 4.78 is 17.4. The highest BCUT2D eigenvalue weighted by atomic mass is 16.6. The molecule has 2 aliphatic carbocycles. The zero-order valence-electron chi connectivity index (χ0n) is 36.2. The molecule has 328 valence electrons. The molecule has 0 aromatic heterocycles. The molecule has 3 aliphatic rings. The monoisotopic (exact) mass is 837 g/mol. The number of ether oxygens (including phenoxy) is 3. The first kappa shape index (κ1) is 45.1. The van der Waals surface area contributed by atoms with Crippen LogP contribution < -0.4 is 21.7 Å². The Hall–Kier alpha value is -5.43. The van der Waals surface area contributed by atoms with E-state index in [4.69, 9.17) is 19.9 Å². The average molecular weight is 838 g/mol. The number of carbonyl (C=O) groups is 5. The Balaban J connectivity index is 1.03. The minimum Gasteiger partial charge on any atom is -0.449 e. The third kappa shape index (κ3) is 12.1. The van der Waals surface area contributed by atoms with E-state index in [1.54, 1.807) is 4.90 Å². The fourth-order valence-electron chi connectivity index (χ4n) is 8.61. The van der Waals surface area contributed by atoms with Gasteiger partial charge >= 0.3 is 12.2 Å². The zero-order chi connectivity index (χ0) is 43.7. The molecule has 0 bridgehead atoms. The quantitative estimate of drug-likeness (QED) is 0.0904. The molecule has 2 fully saturated rings. The van der Waals surface area contributed by atoms with Gasteiger partial charge in [0, 0.05) is 25.4 Å². The lowest BCUT2D eigenvalue weighted by Gasteiger charge is -2.33. The van der Waals surface area contributed by atoms with Crippen molar-refractivity contribution in [3.63, 3.8) is 0 Å². The molecule has 1 saturated heterocycles. The summed E-state index contributed by atoms with van der Waals surface area (Å²) in [7, 11) is 0. The van der Waals surface area contributed by atoms with E-state index in [-0.39, 0.29) is 55.6 Å². The predicted molar refractivity (Wildman–Crippen MR) is 232 cm³/mol. The van der Waals surface area contributed by atoms with Gasteiger partial charge in [-0.15, -0.1) is 0 Å². The second-order valence-electron chi connectivity index (χ2n) is 17.7. The lowest BCUT2D eigenvalue weighted by molar-refractivity contribution is -0.142. The van der Waals surface area contributed by atoms with Crippen molar-refractivity contribution in [1.82, 2.24) is 20.9 Å². The first-order valence-corrected chi connectivity index (χ1v) is 21.9. The Morgan fingerprint density at radius 3 is 2.15 bits per heavy atom. The van der Waals surface area contributed by atoms with E-state index in [0.29, 0.717) is 25.9 Å². The van der Waals surface area contributed by atoms with Crippen LogP contribution in [0.2, 0.25) is 0 Å². The molecule has 3 aromatic rings. The maximum absolute atomic E-state index is 14.3. The number of benzene rings is 3. The number of piperidine rings is 1. The van der Waals surface area contributed by atoms with Crippen molar-refractivity contribution in [2.75, 3.05) is 19.7 Å². The van der Waals surface area contributed by atoms with Crippen molar-refractivity contribution in [2.24, 2.45) is 17.6 Å². The summed E-state index contributed by atoms with van der Waals surface area (Å²) in [6.45, 7) is 10.7. The Morgan fingerprint density at radius 1 is 0.852 bits per heavy atom. The van der Waals surface area contributed by atoms with E-state index < -0.39 is 47.9 Å². The van der Waals surface area contributed by atoms with Gasteiger partial charge in [-0.3, -0.25) is 14.4 Å². The lowest BCUT2D eigenvalue weighted by atomic mass is 9.98. The second-order valence-corrected chi connectivity index (χ2v) is 17.7. The molecule has 13 nitrogen and oxygen atoms in total. The van der Waals surface area contributed by atoms with E-state index >= 15 is 0 Å². The van der Waals surface area contributed by atoms with E-state index in [1.165, 1.54) is 0 Å². The number of nitrogens with two attached hydrogens (primary N) is 1. The van der Waals surface area contributed by atoms with Crippen molar-refractivity contribution in [1.29, 1.82) is 0 Å². The fourth-order valence-corrected chi connectivity index (χ4v) is 8.61. The smallest absolute Gasteiger partial charge is 0.407 e. The minimum atomic E-state index is -0.850. The third-order valence-electron chi connectivity index (χ3n) is 11.9. The number of carbonyl (C=O) groups excluding carboxylic acids is 5. The SMILES string of the molecule is CCCCC(NC(=O)OCC1c2ccccc2-c2ccccc21)C(=O)N1C[C@H]2C[C@H]2[C@H]1C(=O)NC(CCC(N)=O)C(C)OCc1ccc(CCCNC(=O)OC(C)(C)C)cc1. The molecule has 5 N–H and O–H groups in total. The number of nitrogens with zero attached hydrogens (tertiary/aromatic N) is 1. The molecular formula is C48H63N5O8. The van der Waals surface area contributed by atoms with Gasteiger partial charge in [0.25, 0.3) is 0 Å². The van der Waals surface area contributed by atoms with Gasteiger partial charge < -0.3 is 40.8 Å². The Labute approximate surface area is 359 Å². The highest BCUT2D eigenvalue weighted by Gasteiger charge is 2.57. The summed E-state index contributed by atoms with van der Waals surface area (Å²) in [5.74, 6) is -0.970. The second kappa shape index (κ2) is 20.4. The third-order valence-corrected chi connectivity index (χ3v) is 11.9. The molecular weight excluding hydrogens is 775 g/mol. The van der Waals surface area contributed by atoms with Crippen LogP contribution in [0.5, 0.6) is 0 Å². The van der Waals surface area contributed by atoms with E-state index in [9.17, 15) is 24.0 Å². The van der Waals surface area contributed by atoms with Crippen LogP contribution in [0.3, 0.4) is 0 Å². The van der Waals surface area contributed by atoms with Crippen LogP contribution in [0, 0.1) is 11.8 Å². The van der Waals surface area contributed by atoms with Crippen molar-refractivity contribution in [3.05, 3.63) is 95.1 Å². The maximum atomic E-state index is 14.3. The van der Waals surface area contributed by atoms with Crippen molar-refractivity contribution in [2.45, 2.75) is 128 Å². The molecule has 0 radical (unpaired) electrons. The number of hydrogen-bond donors (Lipinski definition) is 4. The highest BCUT2D eigenvalue weighted by molar-refractivity contribution is 5.93. The molecule has 3 unspecified atom stereocenters. The van der Waals surface area contributed by atoms with E-state index in [1.807, 2.05) is 83.1 Å². The van der Waals surface area contributed by atoms with Crippen LogP contribution in [0.4, 0.5) is 9.59 Å². The molecule has 61 heavy (non-hydrogen) atoms. The first-order valence-electron chi connectivity index (χ1n) is 21.9. The summed E-state index contributed by atoms with van der Waals surface area (Å²) in [6.07, 6.45) is 3.08. The summed E-state index contributed by atoms with van der Waals surface area (Å²) in [5, 5.41) is 8.77. The summed E-state index contributed by atoms with van der Waals surface area (Å²) >= 11 is 0. The van der Waals surface area contributed by atoms with Gasteiger partial charge in [-0.1, -0.05) is 92.6 Å². The van der Waals surface area contributed by atoms with Gasteiger partial charge in [0.2, 0.25) is 17.7 Å². The number of rotatable bonds is 20. The van der Waals surface area contributed by atoms with Crippen LogP contribution >= 0.6 is 0 Å². The normalized spacial score (nSPS) is 19.1. The number of fused-ring (bicyclic) bond motifs is 4. The van der Waals surface area contributed by atoms with Crippen LogP contribution in [0.1, 0.15) is 108 Å². The number of nitrogens with one attached hydrogen (secondary N) is 3.